The number of phenols is 2. The Morgan fingerprint density at radius 1 is 1.03 bits per heavy atom. The molecule has 0 fully saturated rings. The second-order valence-electron chi connectivity index (χ2n) is 7.17. The van der Waals surface area contributed by atoms with Crippen LogP contribution in [0.15, 0.2) is 83.1 Å². The lowest BCUT2D eigenvalue weighted by Gasteiger charge is -2.10. The lowest BCUT2D eigenvalue weighted by atomic mass is 10.2. The number of nitrogens with one attached hydrogen (secondary N) is 1. The molecule has 33 heavy (non-hydrogen) atoms. The van der Waals surface area contributed by atoms with E-state index < -0.39 is 0 Å². The maximum Gasteiger partial charge on any atom is 0.250 e. The van der Waals surface area contributed by atoms with Gasteiger partial charge in [-0.3, -0.25) is 9.36 Å². The quantitative estimate of drug-likeness (QED) is 0.167. The molecule has 0 saturated heterocycles. The highest BCUT2D eigenvalue weighted by atomic mass is 32.2. The van der Waals surface area contributed by atoms with Crippen LogP contribution in [0.4, 0.5) is 0 Å². The van der Waals surface area contributed by atoms with Crippen molar-refractivity contribution in [3.8, 4) is 28.6 Å². The van der Waals surface area contributed by atoms with Crippen molar-refractivity contribution in [3.05, 3.63) is 83.9 Å². The van der Waals surface area contributed by atoms with E-state index in [1.807, 2.05) is 66.1 Å². The Kier molecular flexibility index (Phi) is 6.70. The van der Waals surface area contributed by atoms with E-state index in [0.29, 0.717) is 16.5 Å². The van der Waals surface area contributed by atoms with Crippen LogP contribution in [-0.4, -0.2) is 42.9 Å². The van der Waals surface area contributed by atoms with Crippen LogP contribution in [0.25, 0.3) is 17.1 Å². The zero-order valence-electron chi connectivity index (χ0n) is 17.7. The smallest absolute Gasteiger partial charge is 0.250 e. The highest BCUT2D eigenvalue weighted by Crippen LogP contribution is 2.28. The number of nitrogens with zero attached hydrogens (tertiary/aromatic N) is 4. The molecule has 0 aliphatic carbocycles. The molecular formula is C24H21N5O3S. The number of aromatic nitrogens is 3. The minimum absolute atomic E-state index is 0.0803. The number of thioether (sulfide) groups is 1. The highest BCUT2D eigenvalue weighted by molar-refractivity contribution is 7.99. The summed E-state index contributed by atoms with van der Waals surface area (Å²) in [5, 5.41) is 32.0. The van der Waals surface area contributed by atoms with Gasteiger partial charge in [0.2, 0.25) is 0 Å². The number of aryl methyl sites for hydroxylation is 1. The van der Waals surface area contributed by atoms with E-state index >= 15 is 0 Å². The van der Waals surface area contributed by atoms with Crippen LogP contribution in [-0.2, 0) is 4.79 Å². The van der Waals surface area contributed by atoms with Crippen LogP contribution >= 0.6 is 11.8 Å². The predicted octanol–water partition coefficient (Wildman–Crippen LogP) is 3.90. The van der Waals surface area contributed by atoms with E-state index in [-0.39, 0.29) is 23.2 Å². The Morgan fingerprint density at radius 2 is 1.79 bits per heavy atom. The Morgan fingerprint density at radius 3 is 2.52 bits per heavy atom. The van der Waals surface area contributed by atoms with Crippen LogP contribution in [0.1, 0.15) is 11.1 Å². The number of benzene rings is 3. The van der Waals surface area contributed by atoms with Crippen molar-refractivity contribution >= 4 is 23.9 Å². The number of amides is 1. The zero-order chi connectivity index (χ0) is 23.2. The number of carbonyl (C=O) groups is 1. The lowest BCUT2D eigenvalue weighted by Crippen LogP contribution is -2.20. The number of rotatable bonds is 7. The molecular weight excluding hydrogens is 438 g/mol. The summed E-state index contributed by atoms with van der Waals surface area (Å²) >= 11 is 1.25. The van der Waals surface area contributed by atoms with Crippen molar-refractivity contribution in [1.29, 1.82) is 0 Å². The van der Waals surface area contributed by atoms with E-state index in [1.165, 1.54) is 30.1 Å². The molecule has 9 heteroatoms. The van der Waals surface area contributed by atoms with E-state index in [4.69, 9.17) is 0 Å². The molecule has 1 aromatic heterocycles. The van der Waals surface area contributed by atoms with Crippen molar-refractivity contribution in [2.45, 2.75) is 12.1 Å². The van der Waals surface area contributed by atoms with Gasteiger partial charge < -0.3 is 10.2 Å². The third-order valence-corrected chi connectivity index (χ3v) is 5.62. The molecule has 0 atom stereocenters. The van der Waals surface area contributed by atoms with Gasteiger partial charge in [0.05, 0.1) is 12.0 Å². The van der Waals surface area contributed by atoms with Gasteiger partial charge in [-0.05, 0) is 42.8 Å². The van der Waals surface area contributed by atoms with Crippen LogP contribution in [0.2, 0.25) is 0 Å². The number of hydrazone groups is 1. The van der Waals surface area contributed by atoms with Gasteiger partial charge in [0.1, 0.15) is 0 Å². The number of hydrogen-bond acceptors (Lipinski definition) is 7. The topological polar surface area (TPSA) is 113 Å². The number of carbonyl (C=O) groups excluding carboxylic acids is 1. The van der Waals surface area contributed by atoms with E-state index in [9.17, 15) is 15.0 Å². The maximum absolute atomic E-state index is 12.3. The molecule has 0 bridgehead atoms. The SMILES string of the molecule is Cc1ccc(-n2c(SCC(=O)NN=Cc3ccc(O)c(O)c3)nnc2-c2ccccc2)cc1. The minimum atomic E-state index is -0.320. The molecule has 0 unspecified atom stereocenters. The summed E-state index contributed by atoms with van der Waals surface area (Å²) in [6.45, 7) is 2.02. The summed E-state index contributed by atoms with van der Waals surface area (Å²) in [6.07, 6.45) is 1.38. The molecule has 4 rings (SSSR count). The fraction of sp³-hybridized carbons (Fsp3) is 0.0833. The van der Waals surface area contributed by atoms with Crippen molar-refractivity contribution in [2.24, 2.45) is 5.10 Å². The molecule has 4 aromatic rings. The first-order valence-electron chi connectivity index (χ1n) is 10.1. The molecule has 0 saturated carbocycles. The van der Waals surface area contributed by atoms with Gasteiger partial charge in [0.15, 0.2) is 22.5 Å². The summed E-state index contributed by atoms with van der Waals surface area (Å²) < 4.78 is 1.93. The van der Waals surface area contributed by atoms with Gasteiger partial charge in [0, 0.05) is 11.3 Å². The van der Waals surface area contributed by atoms with Crippen molar-refractivity contribution in [2.75, 3.05) is 5.75 Å². The van der Waals surface area contributed by atoms with Crippen LogP contribution in [0.5, 0.6) is 11.5 Å². The van der Waals surface area contributed by atoms with Crippen molar-refractivity contribution < 1.29 is 15.0 Å². The first-order chi connectivity index (χ1) is 16.0. The third-order valence-electron chi connectivity index (χ3n) is 4.69. The fourth-order valence-electron chi connectivity index (χ4n) is 3.03. The molecule has 3 aromatic carbocycles. The molecule has 1 amide bonds. The van der Waals surface area contributed by atoms with E-state index in [2.05, 4.69) is 20.7 Å². The first-order valence-corrected chi connectivity index (χ1v) is 11.0. The molecule has 8 nitrogen and oxygen atoms in total. The Bertz CT molecular complexity index is 1290. The predicted molar refractivity (Wildman–Crippen MR) is 128 cm³/mol. The van der Waals surface area contributed by atoms with Crippen molar-refractivity contribution in [1.82, 2.24) is 20.2 Å². The Labute approximate surface area is 194 Å². The summed E-state index contributed by atoms with van der Waals surface area (Å²) in [7, 11) is 0. The van der Waals surface area contributed by atoms with Gasteiger partial charge in [-0.1, -0.05) is 59.8 Å². The molecule has 0 spiro atoms. The second-order valence-corrected chi connectivity index (χ2v) is 8.12. The molecule has 0 radical (unpaired) electrons. The van der Waals surface area contributed by atoms with Crippen LogP contribution in [0, 0.1) is 6.92 Å². The van der Waals surface area contributed by atoms with E-state index in [1.54, 1.807) is 6.07 Å². The number of aromatic hydroxyl groups is 2. The largest absolute Gasteiger partial charge is 0.504 e. The molecule has 0 aliphatic heterocycles. The second kappa shape index (κ2) is 10.0. The maximum atomic E-state index is 12.3. The normalized spacial score (nSPS) is 11.1. The molecule has 1 heterocycles. The van der Waals surface area contributed by atoms with Crippen LogP contribution < -0.4 is 5.43 Å². The summed E-state index contributed by atoms with van der Waals surface area (Å²) in [5.41, 5.74) is 5.94. The minimum Gasteiger partial charge on any atom is -0.504 e. The lowest BCUT2D eigenvalue weighted by molar-refractivity contribution is -0.118. The average molecular weight is 460 g/mol. The molecule has 3 N–H and O–H groups in total. The standard InChI is InChI=1S/C24H21N5O3S/c1-16-7-10-19(11-8-16)29-23(18-5-3-2-4-6-18)27-28-24(29)33-15-22(32)26-25-14-17-9-12-20(30)21(31)13-17/h2-14,30-31H,15H2,1H3,(H,26,32). The van der Waals surface area contributed by atoms with Gasteiger partial charge in [-0.15, -0.1) is 10.2 Å². The monoisotopic (exact) mass is 459 g/mol. The third kappa shape index (κ3) is 5.39. The highest BCUT2D eigenvalue weighted by Gasteiger charge is 2.17. The Balaban J connectivity index is 1.49. The van der Waals surface area contributed by atoms with Gasteiger partial charge in [0.25, 0.3) is 5.91 Å². The van der Waals surface area contributed by atoms with Gasteiger partial charge in [-0.25, -0.2) is 5.43 Å². The fourth-order valence-corrected chi connectivity index (χ4v) is 3.77. The number of phenolic OH excluding ortho intramolecular Hbond substituents is 2. The van der Waals surface area contributed by atoms with Crippen LogP contribution in [0.3, 0.4) is 0 Å². The summed E-state index contributed by atoms with van der Waals surface area (Å²) in [4.78, 5) is 12.3. The summed E-state index contributed by atoms with van der Waals surface area (Å²) in [5.74, 6) is -0.0335. The van der Waals surface area contributed by atoms with Gasteiger partial charge in [-0.2, -0.15) is 5.10 Å². The first kappa shape index (κ1) is 22.1. The number of hydrogen-bond donors (Lipinski definition) is 3. The average Bonchev–Trinajstić information content (AvgIpc) is 3.25. The molecule has 166 valence electrons. The Hall–Kier alpha value is -4.11. The molecule has 0 aliphatic rings. The summed E-state index contributed by atoms with van der Waals surface area (Å²) in [6, 6.07) is 22.0. The van der Waals surface area contributed by atoms with E-state index in [0.717, 1.165) is 16.8 Å². The zero-order valence-corrected chi connectivity index (χ0v) is 18.5. The van der Waals surface area contributed by atoms with Gasteiger partial charge >= 0.3 is 0 Å². The van der Waals surface area contributed by atoms with Crippen molar-refractivity contribution in [3.63, 3.8) is 0 Å².